The van der Waals surface area contributed by atoms with E-state index in [9.17, 15) is 17.6 Å². The molecule has 3 heterocycles. The Morgan fingerprint density at radius 3 is 2.73 bits per heavy atom. The van der Waals surface area contributed by atoms with Gasteiger partial charge in [0, 0.05) is 31.2 Å². The first-order chi connectivity index (χ1) is 15.7. The minimum atomic E-state index is -4.50. The van der Waals surface area contributed by atoms with Crippen LogP contribution in [-0.2, 0) is 12.7 Å². The molecule has 178 valence electrons. The highest BCUT2D eigenvalue weighted by atomic mass is 35.5. The number of hydrogen-bond donors (Lipinski definition) is 1. The van der Waals surface area contributed by atoms with Crippen molar-refractivity contribution in [1.29, 1.82) is 0 Å². The van der Waals surface area contributed by atoms with Crippen molar-refractivity contribution < 1.29 is 22.3 Å². The van der Waals surface area contributed by atoms with Gasteiger partial charge in [-0.15, -0.1) is 10.2 Å². The SMILES string of the molecule is COc1cc(C(F)(F)F)ccc1-c1nnc(Cl)c2c1cnn2CCN[C@@H]1C[C@@H](F)CN(C)C1. The van der Waals surface area contributed by atoms with Crippen LogP contribution in [0.5, 0.6) is 5.75 Å². The van der Waals surface area contributed by atoms with E-state index in [0.29, 0.717) is 48.2 Å². The topological polar surface area (TPSA) is 68.1 Å². The van der Waals surface area contributed by atoms with Crippen molar-refractivity contribution in [1.82, 2.24) is 30.2 Å². The van der Waals surface area contributed by atoms with Crippen molar-refractivity contribution in [2.75, 3.05) is 33.8 Å². The van der Waals surface area contributed by atoms with Crippen molar-refractivity contribution in [3.8, 4) is 17.0 Å². The summed E-state index contributed by atoms with van der Waals surface area (Å²) in [5.41, 5.74) is 0.339. The number of ether oxygens (including phenoxy) is 1. The Morgan fingerprint density at radius 1 is 1.24 bits per heavy atom. The van der Waals surface area contributed by atoms with Gasteiger partial charge in [0.15, 0.2) is 5.15 Å². The predicted molar refractivity (Wildman–Crippen MR) is 116 cm³/mol. The molecule has 1 aromatic carbocycles. The average Bonchev–Trinajstić information content (AvgIpc) is 3.17. The molecule has 7 nitrogen and oxygen atoms in total. The molecule has 1 N–H and O–H groups in total. The van der Waals surface area contributed by atoms with E-state index in [2.05, 4.69) is 20.6 Å². The maximum atomic E-state index is 13.8. The van der Waals surface area contributed by atoms with Gasteiger partial charge in [-0.1, -0.05) is 11.6 Å². The molecule has 0 aliphatic carbocycles. The minimum Gasteiger partial charge on any atom is -0.496 e. The molecule has 0 bridgehead atoms. The number of hydrogen-bond acceptors (Lipinski definition) is 6. The van der Waals surface area contributed by atoms with E-state index in [4.69, 9.17) is 16.3 Å². The summed E-state index contributed by atoms with van der Waals surface area (Å²) in [6.07, 6.45) is -3.36. The van der Waals surface area contributed by atoms with Gasteiger partial charge in [-0.25, -0.2) is 4.39 Å². The molecule has 1 aliphatic rings. The first-order valence-corrected chi connectivity index (χ1v) is 10.7. The predicted octanol–water partition coefficient (Wildman–Crippen LogP) is 3.81. The maximum absolute atomic E-state index is 13.8. The second kappa shape index (κ2) is 9.40. The molecule has 3 aromatic rings. The van der Waals surface area contributed by atoms with Gasteiger partial charge in [-0.05, 0) is 31.7 Å². The number of aromatic nitrogens is 4. The van der Waals surface area contributed by atoms with Crippen LogP contribution < -0.4 is 10.1 Å². The largest absolute Gasteiger partial charge is 0.496 e. The number of likely N-dealkylation sites (tertiary alicyclic amines) is 1. The van der Waals surface area contributed by atoms with E-state index >= 15 is 0 Å². The Kier molecular flexibility index (Phi) is 6.73. The van der Waals surface area contributed by atoms with Crippen LogP contribution in [0.1, 0.15) is 12.0 Å². The lowest BCUT2D eigenvalue weighted by molar-refractivity contribution is -0.137. The zero-order valence-corrected chi connectivity index (χ0v) is 18.8. The first-order valence-electron chi connectivity index (χ1n) is 10.4. The van der Waals surface area contributed by atoms with Gasteiger partial charge >= 0.3 is 6.18 Å². The Morgan fingerprint density at radius 2 is 2.03 bits per heavy atom. The molecule has 2 aromatic heterocycles. The highest BCUT2D eigenvalue weighted by molar-refractivity contribution is 6.34. The number of alkyl halides is 4. The number of nitrogens with zero attached hydrogens (tertiary/aromatic N) is 5. The second-order valence-corrected chi connectivity index (χ2v) is 8.45. The highest BCUT2D eigenvalue weighted by Gasteiger charge is 2.32. The minimum absolute atomic E-state index is 0.0133. The number of likely N-dealkylation sites (N-methyl/N-ethyl adjacent to an activating group) is 1. The number of nitrogens with one attached hydrogen (secondary N) is 1. The van der Waals surface area contributed by atoms with E-state index in [1.165, 1.54) is 13.2 Å². The standard InChI is InChI=1S/C21H23ClF4N6O/c1-31-10-13(23)8-14(11-31)27-5-6-32-19-16(9-28-32)18(29-30-20(19)22)15-4-3-12(21(24,25)26)7-17(15)33-2/h3-4,7,9,13-14,27H,5-6,8,10-11H2,1-2H3/t13-,14-/m1/s1. The van der Waals surface area contributed by atoms with Crippen molar-refractivity contribution in [2.45, 2.75) is 31.4 Å². The molecule has 0 spiro atoms. The van der Waals surface area contributed by atoms with Crippen LogP contribution >= 0.6 is 11.6 Å². The van der Waals surface area contributed by atoms with E-state index in [1.54, 1.807) is 10.9 Å². The molecule has 4 rings (SSSR count). The van der Waals surface area contributed by atoms with Crippen LogP contribution in [0, 0.1) is 0 Å². The highest BCUT2D eigenvalue weighted by Crippen LogP contribution is 2.39. The number of benzene rings is 1. The molecular formula is C21H23ClF4N6O. The number of fused-ring (bicyclic) bond motifs is 1. The van der Waals surface area contributed by atoms with Gasteiger partial charge in [0.2, 0.25) is 0 Å². The second-order valence-electron chi connectivity index (χ2n) is 8.09. The van der Waals surface area contributed by atoms with Gasteiger partial charge in [0.05, 0.1) is 30.8 Å². The Balaban J connectivity index is 1.60. The molecule has 33 heavy (non-hydrogen) atoms. The summed E-state index contributed by atoms with van der Waals surface area (Å²) < 4.78 is 59.9. The van der Waals surface area contributed by atoms with Crippen LogP contribution in [0.2, 0.25) is 5.15 Å². The normalized spacial score (nSPS) is 19.8. The fraction of sp³-hybridized carbons (Fsp3) is 0.476. The molecular weight excluding hydrogens is 464 g/mol. The Bertz CT molecular complexity index is 1130. The molecule has 0 unspecified atom stereocenters. The molecule has 0 saturated carbocycles. The average molecular weight is 487 g/mol. The molecule has 1 fully saturated rings. The lowest BCUT2D eigenvalue weighted by Gasteiger charge is -2.32. The van der Waals surface area contributed by atoms with Gasteiger partial charge in [-0.2, -0.15) is 18.3 Å². The van der Waals surface area contributed by atoms with E-state index in [-0.39, 0.29) is 16.9 Å². The maximum Gasteiger partial charge on any atom is 0.416 e. The van der Waals surface area contributed by atoms with Gasteiger partial charge in [0.25, 0.3) is 0 Å². The third-order valence-corrected chi connectivity index (χ3v) is 5.91. The van der Waals surface area contributed by atoms with Crippen LogP contribution in [0.25, 0.3) is 22.2 Å². The zero-order chi connectivity index (χ0) is 23.8. The van der Waals surface area contributed by atoms with E-state index in [1.807, 2.05) is 11.9 Å². The molecule has 12 heteroatoms. The van der Waals surface area contributed by atoms with Crippen LogP contribution in [-0.4, -0.2) is 70.9 Å². The summed E-state index contributed by atoms with van der Waals surface area (Å²) in [5, 5.41) is 16.5. The molecule has 0 amide bonds. The van der Waals surface area contributed by atoms with Crippen LogP contribution in [0.4, 0.5) is 17.6 Å². The summed E-state index contributed by atoms with van der Waals surface area (Å²) in [6.45, 7) is 2.16. The smallest absolute Gasteiger partial charge is 0.416 e. The third kappa shape index (κ3) is 5.04. The zero-order valence-electron chi connectivity index (χ0n) is 18.0. The van der Waals surface area contributed by atoms with E-state index < -0.39 is 17.9 Å². The fourth-order valence-electron chi connectivity index (χ4n) is 4.17. The fourth-order valence-corrected chi connectivity index (χ4v) is 4.41. The van der Waals surface area contributed by atoms with Crippen LogP contribution in [0.3, 0.4) is 0 Å². The summed E-state index contributed by atoms with van der Waals surface area (Å²) in [5.74, 6) is 0.0133. The molecule has 1 saturated heterocycles. The van der Waals surface area contributed by atoms with Crippen LogP contribution in [0.15, 0.2) is 24.4 Å². The summed E-state index contributed by atoms with van der Waals surface area (Å²) >= 11 is 6.30. The lowest BCUT2D eigenvalue weighted by atomic mass is 10.0. The van der Waals surface area contributed by atoms with Gasteiger partial charge < -0.3 is 15.0 Å². The Hall–Kier alpha value is -2.50. The summed E-state index contributed by atoms with van der Waals surface area (Å²) in [4.78, 5) is 1.95. The number of rotatable bonds is 6. The van der Waals surface area contributed by atoms with E-state index in [0.717, 1.165) is 18.7 Å². The third-order valence-electron chi connectivity index (χ3n) is 5.65. The van der Waals surface area contributed by atoms with Gasteiger partial charge in [0.1, 0.15) is 23.1 Å². The lowest BCUT2D eigenvalue weighted by Crippen LogP contribution is -2.49. The molecule has 2 atom stereocenters. The molecule has 1 aliphatic heterocycles. The Labute approximate surface area is 192 Å². The van der Waals surface area contributed by atoms with Crippen molar-refractivity contribution in [3.05, 3.63) is 35.1 Å². The number of piperidine rings is 1. The summed E-state index contributed by atoms with van der Waals surface area (Å²) in [6, 6.07) is 3.21. The number of methoxy groups -OCH3 is 1. The van der Waals surface area contributed by atoms with Crippen molar-refractivity contribution in [3.63, 3.8) is 0 Å². The van der Waals surface area contributed by atoms with Crippen molar-refractivity contribution >= 4 is 22.5 Å². The monoisotopic (exact) mass is 486 g/mol. The van der Waals surface area contributed by atoms with Crippen molar-refractivity contribution in [2.24, 2.45) is 0 Å². The number of halogens is 5. The molecule has 0 radical (unpaired) electrons. The quantitative estimate of drug-likeness (QED) is 0.534. The summed E-state index contributed by atoms with van der Waals surface area (Å²) in [7, 11) is 3.18. The van der Waals surface area contributed by atoms with Gasteiger partial charge in [-0.3, -0.25) is 4.68 Å². The first kappa shape index (κ1) is 23.7.